The minimum absolute atomic E-state index is 0.0652. The molecule has 4 rings (SSSR count). The fourth-order valence-electron chi connectivity index (χ4n) is 4.96. The molecule has 3 saturated heterocycles. The van der Waals surface area contributed by atoms with Crippen LogP contribution in [0.4, 0.5) is 4.39 Å². The molecule has 138 valence electrons. The largest absolute Gasteiger partial charge is 0.314 e. The first-order chi connectivity index (χ1) is 12.3. The van der Waals surface area contributed by atoms with Gasteiger partial charge in [0.25, 0.3) is 0 Å². The third-order valence-corrected chi connectivity index (χ3v) is 6.57. The Bertz CT molecular complexity index is 556. The van der Waals surface area contributed by atoms with Gasteiger partial charge in [0.1, 0.15) is 5.82 Å². The van der Waals surface area contributed by atoms with E-state index in [0.29, 0.717) is 0 Å². The van der Waals surface area contributed by atoms with Crippen LogP contribution in [0.25, 0.3) is 0 Å². The van der Waals surface area contributed by atoms with Gasteiger partial charge in [-0.25, -0.2) is 4.39 Å². The first kappa shape index (κ1) is 17.4. The first-order valence-corrected chi connectivity index (χ1v) is 10.2. The predicted molar refractivity (Wildman–Crippen MR) is 100 cm³/mol. The lowest BCUT2D eigenvalue weighted by Crippen LogP contribution is -2.47. The van der Waals surface area contributed by atoms with Gasteiger partial charge in [-0.15, -0.1) is 0 Å². The van der Waals surface area contributed by atoms with Gasteiger partial charge in [-0.3, -0.25) is 4.90 Å². The first-order valence-electron chi connectivity index (χ1n) is 10.2. The lowest BCUT2D eigenvalue weighted by Gasteiger charge is -2.37. The van der Waals surface area contributed by atoms with E-state index in [0.717, 1.165) is 43.2 Å². The van der Waals surface area contributed by atoms with Gasteiger partial charge in [-0.1, -0.05) is 18.2 Å². The molecule has 0 aliphatic carbocycles. The average molecular weight is 346 g/mol. The summed E-state index contributed by atoms with van der Waals surface area (Å²) in [6, 6.07) is 8.78. The molecule has 0 saturated carbocycles. The van der Waals surface area contributed by atoms with Crippen LogP contribution in [-0.4, -0.2) is 54.6 Å². The number of benzene rings is 1. The summed E-state index contributed by atoms with van der Waals surface area (Å²) < 4.78 is 13.8. The van der Waals surface area contributed by atoms with Crippen molar-refractivity contribution < 1.29 is 4.39 Å². The Kier molecular flexibility index (Phi) is 5.69. The Labute approximate surface area is 151 Å². The van der Waals surface area contributed by atoms with E-state index in [9.17, 15) is 4.39 Å². The Morgan fingerprint density at radius 2 is 1.84 bits per heavy atom. The Morgan fingerprint density at radius 1 is 1.00 bits per heavy atom. The third kappa shape index (κ3) is 4.42. The van der Waals surface area contributed by atoms with Crippen LogP contribution in [0.3, 0.4) is 0 Å². The minimum Gasteiger partial charge on any atom is -0.314 e. The van der Waals surface area contributed by atoms with Gasteiger partial charge in [0, 0.05) is 24.2 Å². The smallest absolute Gasteiger partial charge is 0.127 e. The molecule has 3 aliphatic heterocycles. The quantitative estimate of drug-likeness (QED) is 0.884. The molecule has 25 heavy (non-hydrogen) atoms. The second kappa shape index (κ2) is 8.15. The molecular weight excluding hydrogens is 313 g/mol. The molecule has 3 heterocycles. The maximum Gasteiger partial charge on any atom is 0.127 e. The number of hydrogen-bond acceptors (Lipinski definition) is 3. The van der Waals surface area contributed by atoms with Crippen molar-refractivity contribution in [3.8, 4) is 0 Å². The van der Waals surface area contributed by atoms with Crippen molar-refractivity contribution in [1.82, 2.24) is 15.1 Å². The van der Waals surface area contributed by atoms with E-state index in [2.05, 4.69) is 15.1 Å². The van der Waals surface area contributed by atoms with E-state index in [1.54, 1.807) is 12.1 Å². The molecule has 0 aromatic heterocycles. The fraction of sp³-hybridized carbons (Fsp3) is 0.714. The highest BCUT2D eigenvalue weighted by Crippen LogP contribution is 2.27. The average Bonchev–Trinajstić information content (AvgIpc) is 3.11. The molecule has 0 bridgehead atoms. The molecule has 0 amide bonds. The number of nitrogens with zero attached hydrogens (tertiary/aromatic N) is 2. The van der Waals surface area contributed by atoms with Crippen LogP contribution in [0.2, 0.25) is 0 Å². The van der Waals surface area contributed by atoms with Crippen LogP contribution < -0.4 is 5.32 Å². The summed E-state index contributed by atoms with van der Waals surface area (Å²) in [5, 5.41) is 3.87. The van der Waals surface area contributed by atoms with E-state index in [-0.39, 0.29) is 5.82 Å². The van der Waals surface area contributed by atoms with Crippen LogP contribution in [0.1, 0.15) is 44.1 Å². The fourth-order valence-corrected chi connectivity index (χ4v) is 4.96. The molecule has 4 heteroatoms. The molecular formula is C21H32FN3. The minimum atomic E-state index is -0.0652. The van der Waals surface area contributed by atoms with Crippen molar-refractivity contribution in [3.05, 3.63) is 35.6 Å². The van der Waals surface area contributed by atoms with Gasteiger partial charge in [0.15, 0.2) is 0 Å². The van der Waals surface area contributed by atoms with E-state index in [4.69, 9.17) is 0 Å². The second-order valence-electron chi connectivity index (χ2n) is 8.27. The summed E-state index contributed by atoms with van der Waals surface area (Å²) in [5.41, 5.74) is 0.836. The lowest BCUT2D eigenvalue weighted by molar-refractivity contribution is 0.148. The summed E-state index contributed by atoms with van der Waals surface area (Å²) in [5.74, 6) is 0.725. The van der Waals surface area contributed by atoms with Crippen LogP contribution in [0.5, 0.6) is 0 Å². The van der Waals surface area contributed by atoms with E-state index in [1.807, 2.05) is 12.1 Å². The third-order valence-electron chi connectivity index (χ3n) is 6.57. The molecule has 0 unspecified atom stereocenters. The van der Waals surface area contributed by atoms with Crippen LogP contribution >= 0.6 is 0 Å². The zero-order valence-electron chi connectivity index (χ0n) is 15.3. The predicted octanol–water partition coefficient (Wildman–Crippen LogP) is 3.25. The van der Waals surface area contributed by atoms with E-state index in [1.165, 1.54) is 58.2 Å². The van der Waals surface area contributed by atoms with Crippen molar-refractivity contribution >= 4 is 0 Å². The topological polar surface area (TPSA) is 18.5 Å². The number of rotatable bonds is 5. The highest BCUT2D eigenvalue weighted by atomic mass is 19.1. The monoisotopic (exact) mass is 345 g/mol. The summed E-state index contributed by atoms with van der Waals surface area (Å²) >= 11 is 0. The van der Waals surface area contributed by atoms with E-state index < -0.39 is 0 Å². The summed E-state index contributed by atoms with van der Waals surface area (Å²) in [6.45, 7) is 6.75. The maximum absolute atomic E-state index is 13.8. The summed E-state index contributed by atoms with van der Waals surface area (Å²) in [6.07, 6.45) is 7.96. The molecule has 3 fully saturated rings. The molecule has 3 aliphatic rings. The Hall–Kier alpha value is -0.970. The van der Waals surface area contributed by atoms with Crippen LogP contribution in [0.15, 0.2) is 24.3 Å². The zero-order valence-corrected chi connectivity index (χ0v) is 15.3. The summed E-state index contributed by atoms with van der Waals surface area (Å²) in [7, 11) is 0. The Morgan fingerprint density at radius 3 is 2.68 bits per heavy atom. The highest BCUT2D eigenvalue weighted by Gasteiger charge is 2.31. The molecule has 0 radical (unpaired) electrons. The molecule has 3 nitrogen and oxygen atoms in total. The standard InChI is InChI=1S/C21H32FN3/c22-21-6-2-1-4-18(21)16-24-11-7-17(8-12-24)15-23-19-9-13-25-10-3-5-20(25)14-19/h1-2,4,6,17,19-20,23H,3,5,7-16H2/t19-,20+/m0/s1. The van der Waals surface area contributed by atoms with Gasteiger partial charge < -0.3 is 10.2 Å². The number of likely N-dealkylation sites (tertiary alicyclic amines) is 1. The van der Waals surface area contributed by atoms with Gasteiger partial charge in [0.2, 0.25) is 0 Å². The van der Waals surface area contributed by atoms with Crippen molar-refractivity contribution in [1.29, 1.82) is 0 Å². The van der Waals surface area contributed by atoms with Crippen LogP contribution in [0, 0.1) is 11.7 Å². The van der Waals surface area contributed by atoms with Crippen molar-refractivity contribution in [3.63, 3.8) is 0 Å². The number of nitrogens with one attached hydrogen (secondary N) is 1. The molecule has 0 spiro atoms. The number of hydrogen-bond donors (Lipinski definition) is 1. The number of fused-ring (bicyclic) bond motifs is 1. The maximum atomic E-state index is 13.8. The SMILES string of the molecule is Fc1ccccc1CN1CCC(CN[C@H]2CCN3CCC[C@@H]3C2)CC1. The van der Waals surface area contributed by atoms with Crippen molar-refractivity contribution in [2.45, 2.75) is 57.2 Å². The molecule has 1 N–H and O–H groups in total. The highest BCUT2D eigenvalue weighted by molar-refractivity contribution is 5.17. The zero-order chi connectivity index (χ0) is 17.1. The number of halogens is 1. The normalized spacial score (nSPS) is 29.0. The lowest BCUT2D eigenvalue weighted by atomic mass is 9.93. The van der Waals surface area contributed by atoms with Gasteiger partial charge in [0.05, 0.1) is 0 Å². The van der Waals surface area contributed by atoms with E-state index >= 15 is 0 Å². The van der Waals surface area contributed by atoms with Gasteiger partial charge >= 0.3 is 0 Å². The molecule has 1 aromatic carbocycles. The second-order valence-corrected chi connectivity index (χ2v) is 8.27. The molecule has 2 atom stereocenters. The van der Waals surface area contributed by atoms with Gasteiger partial charge in [-0.05, 0) is 83.2 Å². The number of piperidine rings is 2. The van der Waals surface area contributed by atoms with Crippen LogP contribution in [-0.2, 0) is 6.54 Å². The Balaban J connectivity index is 1.17. The molecule has 1 aromatic rings. The van der Waals surface area contributed by atoms with Crippen molar-refractivity contribution in [2.75, 3.05) is 32.7 Å². The van der Waals surface area contributed by atoms with Gasteiger partial charge in [-0.2, -0.15) is 0 Å². The van der Waals surface area contributed by atoms with Crippen molar-refractivity contribution in [2.24, 2.45) is 5.92 Å². The summed E-state index contributed by atoms with van der Waals surface area (Å²) in [4.78, 5) is 5.10.